The molecule has 0 radical (unpaired) electrons. The van der Waals surface area contributed by atoms with Gasteiger partial charge >= 0.3 is 0 Å². The molecule has 1 aromatic heterocycles. The minimum absolute atomic E-state index is 0.00252. The van der Waals surface area contributed by atoms with Crippen molar-refractivity contribution >= 4 is 17.2 Å². The van der Waals surface area contributed by atoms with Crippen LogP contribution in [0.15, 0.2) is 29.6 Å². The lowest BCUT2D eigenvalue weighted by atomic mass is 10.2. The van der Waals surface area contributed by atoms with E-state index in [1.807, 2.05) is 45.0 Å². The predicted octanol–water partition coefficient (Wildman–Crippen LogP) is 3.44. The second-order valence-electron chi connectivity index (χ2n) is 5.90. The van der Waals surface area contributed by atoms with Crippen LogP contribution in [0.1, 0.15) is 38.2 Å². The first kappa shape index (κ1) is 18.4. The Morgan fingerprint density at radius 1 is 1.29 bits per heavy atom. The summed E-state index contributed by atoms with van der Waals surface area (Å²) in [6.45, 7) is 8.41. The molecule has 0 bridgehead atoms. The molecule has 2 rings (SSSR count). The molecule has 24 heavy (non-hydrogen) atoms. The molecule has 5 nitrogen and oxygen atoms in total. The number of aliphatic hydroxyl groups excluding tert-OH is 1. The fourth-order valence-electron chi connectivity index (χ4n) is 2.32. The fourth-order valence-corrected chi connectivity index (χ4v) is 3.12. The van der Waals surface area contributed by atoms with Crippen molar-refractivity contribution in [1.82, 2.24) is 9.88 Å². The number of hydrogen-bond acceptors (Lipinski definition) is 5. The molecule has 2 aromatic rings. The summed E-state index contributed by atoms with van der Waals surface area (Å²) >= 11 is 1.44. The van der Waals surface area contributed by atoms with Gasteiger partial charge in [-0.3, -0.25) is 4.79 Å². The van der Waals surface area contributed by atoms with Crippen molar-refractivity contribution in [3.05, 3.63) is 35.3 Å². The van der Waals surface area contributed by atoms with Gasteiger partial charge in [0.1, 0.15) is 16.5 Å². The van der Waals surface area contributed by atoms with Crippen molar-refractivity contribution in [2.45, 2.75) is 39.8 Å². The standard InChI is InChI=1S/C18H24N2O3S/c1-5-23-15-8-6-14(7-9-15)17-19-16(11-24-17)18(22)20(12(2)3)10-13(4)21/h6-9,11-13,21H,5,10H2,1-4H3. The number of carbonyl (C=O) groups is 1. The first-order chi connectivity index (χ1) is 11.4. The summed E-state index contributed by atoms with van der Waals surface area (Å²) in [4.78, 5) is 18.8. The Bertz CT molecular complexity index is 665. The molecular formula is C18H24N2O3S. The molecular weight excluding hydrogens is 324 g/mol. The van der Waals surface area contributed by atoms with Gasteiger partial charge in [-0.15, -0.1) is 11.3 Å². The number of thiazole rings is 1. The largest absolute Gasteiger partial charge is 0.494 e. The van der Waals surface area contributed by atoms with Crippen molar-refractivity contribution in [1.29, 1.82) is 0 Å². The molecule has 1 heterocycles. The van der Waals surface area contributed by atoms with Crippen LogP contribution in [-0.4, -0.2) is 46.2 Å². The van der Waals surface area contributed by atoms with E-state index < -0.39 is 6.10 Å². The normalized spacial score (nSPS) is 12.2. The summed E-state index contributed by atoms with van der Waals surface area (Å²) in [5.74, 6) is 0.663. The number of aliphatic hydroxyl groups is 1. The van der Waals surface area contributed by atoms with E-state index >= 15 is 0 Å². The van der Waals surface area contributed by atoms with Crippen molar-refractivity contribution < 1.29 is 14.6 Å². The third-order valence-electron chi connectivity index (χ3n) is 3.48. The van der Waals surface area contributed by atoms with E-state index in [0.717, 1.165) is 16.3 Å². The van der Waals surface area contributed by atoms with Gasteiger partial charge in [-0.05, 0) is 52.0 Å². The summed E-state index contributed by atoms with van der Waals surface area (Å²) in [6.07, 6.45) is -0.569. The van der Waals surface area contributed by atoms with Crippen LogP contribution in [0.3, 0.4) is 0 Å². The minimum atomic E-state index is -0.569. The Labute approximate surface area is 146 Å². The van der Waals surface area contributed by atoms with Gasteiger partial charge in [0.15, 0.2) is 0 Å². The number of ether oxygens (including phenoxy) is 1. The number of carbonyl (C=O) groups excluding carboxylic acids is 1. The lowest BCUT2D eigenvalue weighted by Crippen LogP contribution is -2.41. The Morgan fingerprint density at radius 3 is 2.50 bits per heavy atom. The molecule has 0 saturated heterocycles. The van der Waals surface area contributed by atoms with Gasteiger partial charge in [-0.2, -0.15) is 0 Å². The summed E-state index contributed by atoms with van der Waals surface area (Å²) in [7, 11) is 0. The van der Waals surface area contributed by atoms with Gasteiger partial charge in [-0.25, -0.2) is 4.98 Å². The summed E-state index contributed by atoms with van der Waals surface area (Å²) in [5, 5.41) is 12.2. The van der Waals surface area contributed by atoms with Crippen LogP contribution >= 0.6 is 11.3 Å². The van der Waals surface area contributed by atoms with E-state index in [4.69, 9.17) is 4.74 Å². The van der Waals surface area contributed by atoms with E-state index in [1.165, 1.54) is 11.3 Å². The van der Waals surface area contributed by atoms with Crippen LogP contribution in [0, 0.1) is 0 Å². The lowest BCUT2D eigenvalue weighted by molar-refractivity contribution is 0.0574. The van der Waals surface area contributed by atoms with E-state index in [-0.39, 0.29) is 11.9 Å². The third kappa shape index (κ3) is 4.55. The molecule has 1 atom stereocenters. The molecule has 0 fully saturated rings. The number of benzene rings is 1. The zero-order chi connectivity index (χ0) is 17.7. The average Bonchev–Trinajstić information content (AvgIpc) is 3.02. The third-order valence-corrected chi connectivity index (χ3v) is 4.37. The van der Waals surface area contributed by atoms with E-state index in [9.17, 15) is 9.90 Å². The topological polar surface area (TPSA) is 62.7 Å². The van der Waals surface area contributed by atoms with Gasteiger partial charge in [-0.1, -0.05) is 0 Å². The Hall–Kier alpha value is -1.92. The SMILES string of the molecule is CCOc1ccc(-c2nc(C(=O)N(CC(C)O)C(C)C)cs2)cc1. The van der Waals surface area contributed by atoms with Crippen LogP contribution in [0.25, 0.3) is 10.6 Å². The average molecular weight is 348 g/mol. The highest BCUT2D eigenvalue weighted by Gasteiger charge is 2.22. The van der Waals surface area contributed by atoms with Crippen molar-refractivity contribution in [3.63, 3.8) is 0 Å². The fraction of sp³-hybridized carbons (Fsp3) is 0.444. The van der Waals surface area contributed by atoms with Gasteiger partial charge in [0.2, 0.25) is 0 Å². The Kier molecular flexibility index (Phi) is 6.34. The molecule has 1 aromatic carbocycles. The van der Waals surface area contributed by atoms with Crippen LogP contribution < -0.4 is 4.74 Å². The zero-order valence-electron chi connectivity index (χ0n) is 14.5. The quantitative estimate of drug-likeness (QED) is 0.832. The number of aromatic nitrogens is 1. The number of nitrogens with zero attached hydrogens (tertiary/aromatic N) is 2. The molecule has 130 valence electrons. The maximum Gasteiger partial charge on any atom is 0.273 e. The molecule has 1 amide bonds. The number of rotatable bonds is 7. The minimum Gasteiger partial charge on any atom is -0.494 e. The zero-order valence-corrected chi connectivity index (χ0v) is 15.3. The van der Waals surface area contributed by atoms with E-state index in [2.05, 4.69) is 4.98 Å². The monoisotopic (exact) mass is 348 g/mol. The van der Waals surface area contributed by atoms with Crippen molar-refractivity contribution in [3.8, 4) is 16.3 Å². The van der Waals surface area contributed by atoms with Crippen LogP contribution in [0.4, 0.5) is 0 Å². The smallest absolute Gasteiger partial charge is 0.273 e. The Balaban J connectivity index is 2.18. The van der Waals surface area contributed by atoms with Crippen LogP contribution in [-0.2, 0) is 0 Å². The highest BCUT2D eigenvalue weighted by Crippen LogP contribution is 2.26. The van der Waals surface area contributed by atoms with Crippen molar-refractivity contribution in [2.75, 3.05) is 13.2 Å². The molecule has 0 spiro atoms. The van der Waals surface area contributed by atoms with Crippen molar-refractivity contribution in [2.24, 2.45) is 0 Å². The van der Waals surface area contributed by atoms with Gasteiger partial charge < -0.3 is 14.7 Å². The predicted molar refractivity (Wildman–Crippen MR) is 96.6 cm³/mol. The first-order valence-electron chi connectivity index (χ1n) is 8.10. The molecule has 0 aliphatic carbocycles. The van der Waals surface area contributed by atoms with Gasteiger partial charge in [0.25, 0.3) is 5.91 Å². The molecule has 0 saturated carbocycles. The summed E-state index contributed by atoms with van der Waals surface area (Å²) < 4.78 is 5.43. The molecule has 6 heteroatoms. The molecule has 0 aliphatic heterocycles. The molecule has 1 unspecified atom stereocenters. The maximum absolute atomic E-state index is 12.6. The van der Waals surface area contributed by atoms with Crippen LogP contribution in [0.2, 0.25) is 0 Å². The van der Waals surface area contributed by atoms with Gasteiger partial charge in [0.05, 0.1) is 12.7 Å². The first-order valence-corrected chi connectivity index (χ1v) is 8.98. The van der Waals surface area contributed by atoms with Crippen LogP contribution in [0.5, 0.6) is 5.75 Å². The highest BCUT2D eigenvalue weighted by atomic mass is 32.1. The van der Waals surface area contributed by atoms with Gasteiger partial charge in [0, 0.05) is 23.5 Å². The summed E-state index contributed by atoms with van der Waals surface area (Å²) in [5.41, 5.74) is 1.37. The second kappa shape index (κ2) is 8.26. The molecule has 0 aliphatic rings. The number of hydrogen-bond donors (Lipinski definition) is 1. The van der Waals surface area contributed by atoms with E-state index in [0.29, 0.717) is 18.8 Å². The second-order valence-corrected chi connectivity index (χ2v) is 6.75. The molecule has 1 N–H and O–H groups in total. The number of amides is 1. The summed E-state index contributed by atoms with van der Waals surface area (Å²) in [6, 6.07) is 7.68. The highest BCUT2D eigenvalue weighted by molar-refractivity contribution is 7.13. The van der Waals surface area contributed by atoms with E-state index in [1.54, 1.807) is 17.2 Å². The Morgan fingerprint density at radius 2 is 1.96 bits per heavy atom. The maximum atomic E-state index is 12.6. The lowest BCUT2D eigenvalue weighted by Gasteiger charge is -2.27.